The number of phenolic OH excluding ortho intramolecular Hbond substituents is 1. The van der Waals surface area contributed by atoms with Crippen molar-refractivity contribution in [2.24, 2.45) is 0 Å². The molecule has 0 aliphatic carbocycles. The molecule has 151 valence electrons. The first kappa shape index (κ1) is 28.8. The summed E-state index contributed by atoms with van der Waals surface area (Å²) >= 11 is 8.63. The van der Waals surface area contributed by atoms with Crippen molar-refractivity contribution in [3.8, 4) is 5.75 Å². The fraction of sp³-hybridized carbons (Fsp3) is 0.474. The Hall–Kier alpha value is -0.177. The van der Waals surface area contributed by atoms with Crippen molar-refractivity contribution in [1.29, 1.82) is 0 Å². The van der Waals surface area contributed by atoms with Gasteiger partial charge in [-0.15, -0.1) is 0 Å². The smallest absolute Gasteiger partial charge is 0.326 e. The van der Waals surface area contributed by atoms with E-state index in [4.69, 9.17) is 0 Å². The van der Waals surface area contributed by atoms with Crippen LogP contribution >= 0.6 is 25.3 Å². The summed E-state index contributed by atoms with van der Waals surface area (Å²) in [5.74, 6) is -0.447. The number of aromatic amines is 1. The van der Waals surface area contributed by atoms with Gasteiger partial charge in [-0.1, -0.05) is 6.42 Å². The first-order valence-corrected chi connectivity index (χ1v) is 10.2. The fourth-order valence-electron chi connectivity index (χ4n) is 2.98. The van der Waals surface area contributed by atoms with Gasteiger partial charge in [0.15, 0.2) is 0 Å². The number of H-pyrrole nitrogens is 1. The van der Waals surface area contributed by atoms with Crippen molar-refractivity contribution in [2.75, 3.05) is 5.75 Å². The maximum absolute atomic E-state index is 12.1. The van der Waals surface area contributed by atoms with E-state index < -0.39 is 12.0 Å². The van der Waals surface area contributed by atoms with E-state index in [-0.39, 0.29) is 72.4 Å². The maximum Gasteiger partial charge on any atom is 0.326 e. The van der Waals surface area contributed by atoms with Crippen LogP contribution in [0, 0.1) is 0 Å². The maximum atomic E-state index is 12.1. The molecule has 1 radical (unpaired) electrons. The van der Waals surface area contributed by atoms with Gasteiger partial charge in [0.2, 0.25) is 5.91 Å². The Bertz CT molecular complexity index is 791. The summed E-state index contributed by atoms with van der Waals surface area (Å²) in [5.41, 5.74) is 1.54. The molecule has 1 aromatic carbocycles. The largest absolute Gasteiger partial charge is 0.508 e. The van der Waals surface area contributed by atoms with Gasteiger partial charge in [-0.3, -0.25) is 4.79 Å². The topological polar surface area (TPSA) is 102 Å². The standard InChI is InChI=1S/C19H26N2O4S2.Na.Zn/c22-13-5-6-16-15(10-13)12(11-20-16)9-17(19(24)25)21-18(23)4-2-1-3-14(27)7-8-26;;/h5-6,10-11,14,17,20,22,26-27H,1-4,7-9H2,(H,21,23)(H,24,25);;/t14?,17-;;/m0../s1. The van der Waals surface area contributed by atoms with Gasteiger partial charge in [0, 0.05) is 84.2 Å². The zero-order valence-corrected chi connectivity index (χ0v) is 23.5. The zero-order chi connectivity index (χ0) is 19.8. The van der Waals surface area contributed by atoms with Crippen LogP contribution in [0.2, 0.25) is 0 Å². The molecule has 6 nitrogen and oxygen atoms in total. The Morgan fingerprint density at radius 3 is 2.59 bits per heavy atom. The molecule has 1 aromatic heterocycles. The number of amides is 1. The molecule has 0 fully saturated rings. The van der Waals surface area contributed by atoms with E-state index >= 15 is 0 Å². The molecule has 2 rings (SSSR count). The number of aromatic nitrogens is 1. The number of carbonyl (C=O) groups excluding carboxylic acids is 1. The normalized spacial score (nSPS) is 12.5. The number of nitrogens with one attached hydrogen (secondary N) is 2. The number of fused-ring (bicyclic) bond motifs is 1. The van der Waals surface area contributed by atoms with Crippen molar-refractivity contribution < 1.29 is 39.3 Å². The minimum absolute atomic E-state index is 0. The van der Waals surface area contributed by atoms with Gasteiger partial charge < -0.3 is 20.5 Å². The molecular weight excluding hydrogens is 473 g/mol. The number of aromatic hydroxyl groups is 1. The Morgan fingerprint density at radius 1 is 1.21 bits per heavy atom. The third kappa shape index (κ3) is 9.66. The van der Waals surface area contributed by atoms with Crippen LogP contribution in [-0.4, -0.2) is 73.7 Å². The number of carbonyl (C=O) groups is 2. The van der Waals surface area contributed by atoms with Crippen LogP contribution in [0.5, 0.6) is 5.75 Å². The van der Waals surface area contributed by atoms with E-state index in [1.54, 1.807) is 24.4 Å². The van der Waals surface area contributed by atoms with Crippen LogP contribution < -0.4 is 5.32 Å². The van der Waals surface area contributed by atoms with Gasteiger partial charge >= 0.3 is 5.97 Å². The van der Waals surface area contributed by atoms with Gasteiger partial charge in [0.1, 0.15) is 11.8 Å². The molecule has 0 bridgehead atoms. The predicted octanol–water partition coefficient (Wildman–Crippen LogP) is 2.78. The molecule has 0 saturated heterocycles. The van der Waals surface area contributed by atoms with E-state index in [0.29, 0.717) is 12.8 Å². The number of aliphatic carboxylic acids is 1. The summed E-state index contributed by atoms with van der Waals surface area (Å²) in [6, 6.07) is 3.86. The summed E-state index contributed by atoms with van der Waals surface area (Å²) < 4.78 is 0. The van der Waals surface area contributed by atoms with Gasteiger partial charge in [0.25, 0.3) is 0 Å². The van der Waals surface area contributed by atoms with Crippen molar-refractivity contribution in [3.05, 3.63) is 30.0 Å². The summed E-state index contributed by atoms with van der Waals surface area (Å²) in [5, 5.41) is 22.7. The predicted molar refractivity (Wildman–Crippen MR) is 119 cm³/mol. The van der Waals surface area contributed by atoms with Gasteiger partial charge in [-0.05, 0) is 48.8 Å². The molecule has 1 heterocycles. The minimum Gasteiger partial charge on any atom is -0.508 e. The molecule has 4 N–H and O–H groups in total. The minimum atomic E-state index is -1.08. The van der Waals surface area contributed by atoms with Crippen LogP contribution in [0.25, 0.3) is 10.9 Å². The van der Waals surface area contributed by atoms with Crippen LogP contribution in [0.3, 0.4) is 0 Å². The van der Waals surface area contributed by atoms with Gasteiger partial charge in [0.05, 0.1) is 0 Å². The van der Waals surface area contributed by atoms with E-state index in [9.17, 15) is 19.8 Å². The molecule has 29 heavy (non-hydrogen) atoms. The summed E-state index contributed by atoms with van der Waals surface area (Å²) in [6.07, 6.45) is 5.56. The van der Waals surface area contributed by atoms with Crippen molar-refractivity contribution >= 4 is 77.6 Å². The SMILES string of the molecule is O=C(CCCCC(S)CCS)N[C@@H](Cc1c[nH]c2ccc(O)cc12)C(=O)O.[Na].[Zn]. The van der Waals surface area contributed by atoms with Gasteiger partial charge in [-0.25, -0.2) is 4.79 Å². The van der Waals surface area contributed by atoms with Crippen molar-refractivity contribution in [3.63, 3.8) is 0 Å². The molecule has 2 atom stereocenters. The van der Waals surface area contributed by atoms with Crippen LogP contribution in [0.15, 0.2) is 24.4 Å². The Kier molecular flexibility index (Phi) is 14.7. The van der Waals surface area contributed by atoms with Crippen LogP contribution in [0.1, 0.15) is 37.7 Å². The fourth-order valence-corrected chi connectivity index (χ4v) is 3.81. The number of thiol groups is 2. The third-order valence-corrected chi connectivity index (χ3v) is 5.24. The molecule has 1 amide bonds. The molecule has 1 unspecified atom stereocenters. The second-order valence-electron chi connectivity index (χ2n) is 6.62. The molecule has 0 saturated carbocycles. The van der Waals surface area contributed by atoms with Crippen LogP contribution in [-0.2, 0) is 35.5 Å². The number of rotatable bonds is 11. The Balaban J connectivity index is 0.00000392. The van der Waals surface area contributed by atoms with Crippen molar-refractivity contribution in [1.82, 2.24) is 10.3 Å². The molecule has 2 aromatic rings. The number of carboxylic acid groups (broad SMARTS) is 1. The average molecular weight is 499 g/mol. The molecule has 0 aliphatic heterocycles. The average Bonchev–Trinajstić information content (AvgIpc) is 3.00. The number of benzene rings is 1. The number of hydrogen-bond donors (Lipinski definition) is 6. The van der Waals surface area contributed by atoms with E-state index in [1.807, 2.05) is 0 Å². The summed E-state index contributed by atoms with van der Waals surface area (Å²) in [6.45, 7) is 0. The van der Waals surface area contributed by atoms with Crippen LogP contribution in [0.4, 0.5) is 0 Å². The third-order valence-electron chi connectivity index (χ3n) is 4.46. The second-order valence-corrected chi connectivity index (χ2v) is 7.80. The molecule has 0 aliphatic rings. The quantitative estimate of drug-likeness (QED) is 0.163. The number of phenols is 1. The Labute approximate surface area is 216 Å². The first-order chi connectivity index (χ1) is 12.9. The summed E-state index contributed by atoms with van der Waals surface area (Å²) in [4.78, 5) is 26.7. The van der Waals surface area contributed by atoms with Crippen molar-refractivity contribution in [2.45, 2.75) is 49.8 Å². The van der Waals surface area contributed by atoms with Gasteiger partial charge in [-0.2, -0.15) is 25.3 Å². The van der Waals surface area contributed by atoms with E-state index in [1.165, 1.54) is 0 Å². The monoisotopic (exact) mass is 497 g/mol. The van der Waals surface area contributed by atoms with E-state index in [0.717, 1.165) is 41.5 Å². The second kappa shape index (κ2) is 14.8. The number of unbranched alkanes of at least 4 members (excludes halogenated alkanes) is 1. The number of hydrogen-bond acceptors (Lipinski definition) is 5. The molecular formula is C19H26N2NaO4S2Zn. The zero-order valence-electron chi connectivity index (χ0n) is 16.7. The van der Waals surface area contributed by atoms with E-state index in [2.05, 4.69) is 35.6 Å². The first-order valence-electron chi connectivity index (χ1n) is 9.00. The number of carboxylic acids is 1. The molecule has 10 heteroatoms. The summed E-state index contributed by atoms with van der Waals surface area (Å²) in [7, 11) is 0. The molecule has 0 spiro atoms. The Morgan fingerprint density at radius 2 is 1.93 bits per heavy atom.